The average molecular weight is 522 g/mol. The standard InChI is InChI=1S/C27H24BrNO5/c1-5-12-34-26-19(28)13-16(14-20(26)32-6-2)22-21(27(31)33-7-3)15(4)29-24-17-10-8-9-11-18(17)25(30)23(22)24/h1,8-11,13-14,22,29H,6-7,12H2,2-4H3/t22-/m0/s1. The van der Waals surface area contributed by atoms with E-state index in [4.69, 9.17) is 20.6 Å². The van der Waals surface area contributed by atoms with Gasteiger partial charge in [0, 0.05) is 28.3 Å². The number of halogens is 1. The Labute approximate surface area is 207 Å². The lowest BCUT2D eigenvalue weighted by atomic mass is 9.79. The zero-order valence-corrected chi connectivity index (χ0v) is 20.7. The maximum Gasteiger partial charge on any atom is 0.336 e. The third-order valence-corrected chi connectivity index (χ3v) is 6.30. The van der Waals surface area contributed by atoms with E-state index in [2.05, 4.69) is 27.2 Å². The second-order valence-corrected chi connectivity index (χ2v) is 8.59. The van der Waals surface area contributed by atoms with Crippen LogP contribution < -0.4 is 14.8 Å². The van der Waals surface area contributed by atoms with E-state index in [9.17, 15) is 9.59 Å². The number of rotatable bonds is 7. The lowest BCUT2D eigenvalue weighted by Crippen LogP contribution is -2.29. The predicted octanol–water partition coefficient (Wildman–Crippen LogP) is 4.99. The second kappa shape index (κ2) is 9.78. The molecule has 2 aliphatic rings. The fourth-order valence-corrected chi connectivity index (χ4v) is 4.99. The van der Waals surface area contributed by atoms with E-state index in [1.54, 1.807) is 19.1 Å². The number of ketones is 1. The maximum atomic E-state index is 13.6. The van der Waals surface area contributed by atoms with Crippen LogP contribution in [-0.2, 0) is 9.53 Å². The van der Waals surface area contributed by atoms with Crippen LogP contribution in [-0.4, -0.2) is 31.6 Å². The Bertz CT molecular complexity index is 1280. The summed E-state index contributed by atoms with van der Waals surface area (Å²) < 4.78 is 17.5. The summed E-state index contributed by atoms with van der Waals surface area (Å²) in [4.78, 5) is 26.7. The molecule has 2 aromatic carbocycles. The lowest BCUT2D eigenvalue weighted by molar-refractivity contribution is -0.138. The van der Waals surface area contributed by atoms with Crippen molar-refractivity contribution in [1.29, 1.82) is 0 Å². The zero-order chi connectivity index (χ0) is 24.4. The van der Waals surface area contributed by atoms with Crippen LogP contribution in [0, 0.1) is 12.3 Å². The highest BCUT2D eigenvalue weighted by atomic mass is 79.9. The molecule has 174 valence electrons. The van der Waals surface area contributed by atoms with E-state index in [1.165, 1.54) is 0 Å². The molecule has 4 rings (SSSR count). The van der Waals surface area contributed by atoms with Crippen LogP contribution in [0.15, 0.2) is 57.7 Å². The number of ether oxygens (including phenoxy) is 3. The number of esters is 1. The summed E-state index contributed by atoms with van der Waals surface area (Å²) >= 11 is 3.56. The number of terminal acetylenes is 1. The predicted molar refractivity (Wildman–Crippen MR) is 133 cm³/mol. The van der Waals surface area contributed by atoms with Crippen LogP contribution >= 0.6 is 15.9 Å². The van der Waals surface area contributed by atoms with Crippen LogP contribution in [0.25, 0.3) is 5.70 Å². The van der Waals surface area contributed by atoms with Crippen molar-refractivity contribution in [2.45, 2.75) is 26.7 Å². The molecule has 1 N–H and O–H groups in total. The molecule has 34 heavy (non-hydrogen) atoms. The number of fused-ring (bicyclic) bond motifs is 2. The van der Waals surface area contributed by atoms with Gasteiger partial charge >= 0.3 is 5.97 Å². The fraction of sp³-hybridized carbons (Fsp3) is 0.259. The number of carbonyl (C=O) groups excluding carboxylic acids is 2. The first kappa shape index (κ1) is 23.7. The molecule has 6 nitrogen and oxygen atoms in total. The van der Waals surface area contributed by atoms with E-state index in [0.29, 0.717) is 56.2 Å². The highest BCUT2D eigenvalue weighted by Crippen LogP contribution is 2.49. The lowest BCUT2D eigenvalue weighted by Gasteiger charge is -2.30. The summed E-state index contributed by atoms with van der Waals surface area (Å²) in [6.45, 7) is 6.12. The van der Waals surface area contributed by atoms with Gasteiger partial charge in [0.15, 0.2) is 17.3 Å². The van der Waals surface area contributed by atoms with Gasteiger partial charge in [0.2, 0.25) is 0 Å². The third kappa shape index (κ3) is 3.99. The van der Waals surface area contributed by atoms with Gasteiger partial charge < -0.3 is 19.5 Å². The van der Waals surface area contributed by atoms with E-state index in [0.717, 1.165) is 5.56 Å². The highest BCUT2D eigenvalue weighted by Gasteiger charge is 2.43. The molecule has 0 unspecified atom stereocenters. The number of allylic oxidation sites excluding steroid dienone is 2. The molecular formula is C27H24BrNO5. The van der Waals surface area contributed by atoms with Crippen molar-refractivity contribution >= 4 is 33.4 Å². The number of nitrogens with one attached hydrogen (secondary N) is 1. The number of dihydropyridines is 1. The van der Waals surface area contributed by atoms with Crippen molar-refractivity contribution in [2.24, 2.45) is 0 Å². The van der Waals surface area contributed by atoms with Gasteiger partial charge in [0.05, 0.1) is 29.0 Å². The Hall–Kier alpha value is -3.50. The number of hydrogen-bond acceptors (Lipinski definition) is 6. The molecule has 0 spiro atoms. The quantitative estimate of drug-likeness (QED) is 0.408. The van der Waals surface area contributed by atoms with Gasteiger partial charge in [-0.1, -0.05) is 30.2 Å². The number of hydrogen-bond donors (Lipinski definition) is 1. The molecule has 0 amide bonds. The molecule has 0 saturated heterocycles. The summed E-state index contributed by atoms with van der Waals surface area (Å²) in [6, 6.07) is 11.0. The normalized spacial score (nSPS) is 16.4. The molecule has 0 aromatic heterocycles. The largest absolute Gasteiger partial charge is 0.490 e. The first-order chi connectivity index (χ1) is 16.4. The molecule has 0 saturated carbocycles. The molecule has 0 fully saturated rings. The molecule has 1 aliphatic carbocycles. The Balaban J connectivity index is 1.93. The van der Waals surface area contributed by atoms with Gasteiger partial charge in [-0.15, -0.1) is 6.42 Å². The zero-order valence-electron chi connectivity index (χ0n) is 19.2. The number of Topliss-reactive ketones (excluding diaryl/α,β-unsaturated/α-hetero) is 1. The smallest absolute Gasteiger partial charge is 0.336 e. The highest BCUT2D eigenvalue weighted by molar-refractivity contribution is 9.10. The van der Waals surface area contributed by atoms with E-state index in [-0.39, 0.29) is 19.0 Å². The average Bonchev–Trinajstić information content (AvgIpc) is 3.09. The molecule has 2 aromatic rings. The summed E-state index contributed by atoms with van der Waals surface area (Å²) in [5.41, 5.74) is 4.33. The second-order valence-electron chi connectivity index (χ2n) is 7.74. The van der Waals surface area contributed by atoms with Crippen LogP contribution in [0.2, 0.25) is 0 Å². The monoisotopic (exact) mass is 521 g/mol. The number of benzene rings is 2. The Morgan fingerprint density at radius 3 is 2.56 bits per heavy atom. The first-order valence-electron chi connectivity index (χ1n) is 11.0. The minimum Gasteiger partial charge on any atom is -0.490 e. The Morgan fingerprint density at radius 2 is 1.88 bits per heavy atom. The topological polar surface area (TPSA) is 73.9 Å². The third-order valence-electron chi connectivity index (χ3n) is 5.71. The van der Waals surface area contributed by atoms with Crippen molar-refractivity contribution in [3.63, 3.8) is 0 Å². The minimum atomic E-state index is -0.660. The first-order valence-corrected chi connectivity index (χ1v) is 11.8. The van der Waals surface area contributed by atoms with Gasteiger partial charge in [0.1, 0.15) is 6.61 Å². The van der Waals surface area contributed by atoms with E-state index in [1.807, 2.05) is 38.1 Å². The summed E-state index contributed by atoms with van der Waals surface area (Å²) in [5, 5.41) is 3.30. The van der Waals surface area contributed by atoms with Gasteiger partial charge in [-0.3, -0.25) is 4.79 Å². The fourth-order valence-electron chi connectivity index (χ4n) is 4.41. The molecule has 1 heterocycles. The summed E-state index contributed by atoms with van der Waals surface area (Å²) in [5.74, 6) is 2.12. The molecule has 7 heteroatoms. The maximum absolute atomic E-state index is 13.6. The van der Waals surface area contributed by atoms with E-state index >= 15 is 0 Å². The van der Waals surface area contributed by atoms with Crippen LogP contribution in [0.4, 0.5) is 0 Å². The van der Waals surface area contributed by atoms with Crippen molar-refractivity contribution in [1.82, 2.24) is 5.32 Å². The van der Waals surface area contributed by atoms with Crippen molar-refractivity contribution in [3.05, 3.63) is 74.4 Å². The van der Waals surface area contributed by atoms with Crippen molar-refractivity contribution in [3.8, 4) is 23.8 Å². The van der Waals surface area contributed by atoms with Crippen LogP contribution in [0.5, 0.6) is 11.5 Å². The van der Waals surface area contributed by atoms with Gasteiger partial charge in [-0.25, -0.2) is 4.79 Å². The minimum absolute atomic E-state index is 0.0710. The molecule has 0 radical (unpaired) electrons. The molecular weight excluding hydrogens is 498 g/mol. The molecule has 0 bridgehead atoms. The molecule has 1 aliphatic heterocycles. The van der Waals surface area contributed by atoms with Gasteiger partial charge in [-0.2, -0.15) is 0 Å². The van der Waals surface area contributed by atoms with Crippen LogP contribution in [0.1, 0.15) is 48.2 Å². The van der Waals surface area contributed by atoms with Gasteiger partial charge in [-0.05, 0) is 54.4 Å². The van der Waals surface area contributed by atoms with Crippen molar-refractivity contribution < 1.29 is 23.8 Å². The van der Waals surface area contributed by atoms with Gasteiger partial charge in [0.25, 0.3) is 0 Å². The summed E-state index contributed by atoms with van der Waals surface area (Å²) in [6.07, 6.45) is 5.37. The molecule has 1 atom stereocenters. The Kier molecular flexibility index (Phi) is 6.80. The number of carbonyl (C=O) groups is 2. The summed E-state index contributed by atoms with van der Waals surface area (Å²) in [7, 11) is 0. The Morgan fingerprint density at radius 1 is 1.15 bits per heavy atom. The van der Waals surface area contributed by atoms with Crippen LogP contribution in [0.3, 0.4) is 0 Å². The SMILES string of the molecule is C#CCOc1c(Br)cc([C@H]2C(C(=O)OCC)=C(C)NC3=C2C(=O)c2ccccc23)cc1OCC. The van der Waals surface area contributed by atoms with Crippen molar-refractivity contribution in [2.75, 3.05) is 19.8 Å². The van der Waals surface area contributed by atoms with E-state index < -0.39 is 11.9 Å².